The molecule has 0 radical (unpaired) electrons. The summed E-state index contributed by atoms with van der Waals surface area (Å²) in [7, 11) is 1.59. The van der Waals surface area contributed by atoms with Crippen molar-refractivity contribution in [1.29, 1.82) is 0 Å². The Hall–Kier alpha value is -2.01. The van der Waals surface area contributed by atoms with Gasteiger partial charge in [-0.25, -0.2) is 4.39 Å². The summed E-state index contributed by atoms with van der Waals surface area (Å²) >= 11 is 1.44. The summed E-state index contributed by atoms with van der Waals surface area (Å²) in [6.45, 7) is 0. The summed E-state index contributed by atoms with van der Waals surface area (Å²) < 4.78 is 19.1. The van der Waals surface area contributed by atoms with Crippen molar-refractivity contribution in [3.05, 3.63) is 59.9 Å². The molecule has 1 aliphatic heterocycles. The minimum Gasteiger partial charge on any atom is -0.497 e. The van der Waals surface area contributed by atoms with Gasteiger partial charge in [0.2, 0.25) is 5.91 Å². The molecule has 0 N–H and O–H groups in total. The molecule has 108 valence electrons. The first-order valence-corrected chi connectivity index (χ1v) is 7.57. The molecule has 0 spiro atoms. The maximum atomic E-state index is 14.0. The lowest BCUT2D eigenvalue weighted by atomic mass is 10.1. The van der Waals surface area contributed by atoms with Gasteiger partial charge in [-0.15, -0.1) is 11.8 Å². The van der Waals surface area contributed by atoms with E-state index in [1.165, 1.54) is 17.8 Å². The third kappa shape index (κ3) is 2.61. The lowest BCUT2D eigenvalue weighted by molar-refractivity contribution is -0.115. The average molecular weight is 303 g/mol. The number of hydrogen-bond acceptors (Lipinski definition) is 3. The SMILES string of the molecule is COc1ccc(N2C(=O)CSC2c2ccccc2F)cc1. The van der Waals surface area contributed by atoms with Gasteiger partial charge in [-0.05, 0) is 30.3 Å². The van der Waals surface area contributed by atoms with Crippen molar-refractivity contribution in [2.24, 2.45) is 0 Å². The van der Waals surface area contributed by atoms with Gasteiger partial charge in [0.1, 0.15) is 16.9 Å². The summed E-state index contributed by atoms with van der Waals surface area (Å²) in [5.41, 5.74) is 1.28. The van der Waals surface area contributed by atoms with Crippen molar-refractivity contribution in [3.8, 4) is 5.75 Å². The molecule has 1 heterocycles. The number of thioether (sulfide) groups is 1. The predicted octanol–water partition coefficient (Wildman–Crippen LogP) is 3.61. The molecular formula is C16H14FNO2S. The van der Waals surface area contributed by atoms with E-state index in [-0.39, 0.29) is 17.1 Å². The van der Waals surface area contributed by atoms with E-state index >= 15 is 0 Å². The lowest BCUT2D eigenvalue weighted by Gasteiger charge is -2.24. The maximum absolute atomic E-state index is 14.0. The number of anilines is 1. The van der Waals surface area contributed by atoms with E-state index < -0.39 is 0 Å². The minimum absolute atomic E-state index is 0.0154. The van der Waals surface area contributed by atoms with Crippen LogP contribution in [0.1, 0.15) is 10.9 Å². The van der Waals surface area contributed by atoms with Crippen molar-refractivity contribution in [3.63, 3.8) is 0 Å². The van der Waals surface area contributed by atoms with Gasteiger partial charge in [0, 0.05) is 11.3 Å². The number of nitrogens with zero attached hydrogens (tertiary/aromatic N) is 1. The first-order valence-electron chi connectivity index (χ1n) is 6.53. The van der Waals surface area contributed by atoms with Gasteiger partial charge in [0.25, 0.3) is 0 Å². The zero-order chi connectivity index (χ0) is 14.8. The number of halogens is 1. The number of benzene rings is 2. The van der Waals surface area contributed by atoms with Crippen LogP contribution >= 0.6 is 11.8 Å². The van der Waals surface area contributed by atoms with Crippen molar-refractivity contribution in [2.75, 3.05) is 17.8 Å². The highest BCUT2D eigenvalue weighted by Crippen LogP contribution is 2.42. The molecule has 21 heavy (non-hydrogen) atoms. The molecule has 0 aromatic heterocycles. The molecule has 1 aliphatic rings. The standard InChI is InChI=1S/C16H14FNO2S/c1-20-12-8-6-11(7-9-12)18-15(19)10-21-16(18)13-4-2-3-5-14(13)17/h2-9,16H,10H2,1H3. The van der Waals surface area contributed by atoms with E-state index in [9.17, 15) is 9.18 Å². The van der Waals surface area contributed by atoms with Crippen molar-refractivity contribution in [2.45, 2.75) is 5.37 Å². The Balaban J connectivity index is 1.97. The Labute approximate surface area is 126 Å². The number of ether oxygens (including phenoxy) is 1. The van der Waals surface area contributed by atoms with Crippen LogP contribution in [-0.2, 0) is 4.79 Å². The fraction of sp³-hybridized carbons (Fsp3) is 0.188. The second kappa shape index (κ2) is 5.77. The zero-order valence-corrected chi connectivity index (χ0v) is 12.3. The van der Waals surface area contributed by atoms with E-state index in [0.717, 1.165) is 11.4 Å². The number of methoxy groups -OCH3 is 1. The fourth-order valence-electron chi connectivity index (χ4n) is 2.35. The fourth-order valence-corrected chi connectivity index (χ4v) is 3.55. The molecular weight excluding hydrogens is 289 g/mol. The quantitative estimate of drug-likeness (QED) is 0.867. The summed E-state index contributed by atoms with van der Waals surface area (Å²) in [5.74, 6) is 0.771. The molecule has 1 saturated heterocycles. The minimum atomic E-state index is -0.327. The van der Waals surface area contributed by atoms with Crippen molar-refractivity contribution >= 4 is 23.4 Å². The van der Waals surface area contributed by atoms with Crippen molar-refractivity contribution < 1.29 is 13.9 Å². The van der Waals surface area contributed by atoms with Crippen LogP contribution in [0, 0.1) is 5.82 Å². The van der Waals surface area contributed by atoms with Gasteiger partial charge < -0.3 is 4.74 Å². The van der Waals surface area contributed by atoms with Crippen LogP contribution in [-0.4, -0.2) is 18.8 Å². The number of carbonyl (C=O) groups is 1. The number of carbonyl (C=O) groups excluding carboxylic acids is 1. The van der Waals surface area contributed by atoms with Gasteiger partial charge in [0.05, 0.1) is 12.9 Å². The highest BCUT2D eigenvalue weighted by molar-refractivity contribution is 8.00. The highest BCUT2D eigenvalue weighted by Gasteiger charge is 2.35. The second-order valence-electron chi connectivity index (χ2n) is 4.65. The van der Waals surface area contributed by atoms with Crippen LogP contribution in [0.5, 0.6) is 5.75 Å². The lowest BCUT2D eigenvalue weighted by Crippen LogP contribution is -2.28. The van der Waals surface area contributed by atoms with Crippen LogP contribution in [0.25, 0.3) is 0 Å². The topological polar surface area (TPSA) is 29.5 Å². The summed E-state index contributed by atoms with van der Waals surface area (Å²) in [6.07, 6.45) is 0. The van der Waals surface area contributed by atoms with Gasteiger partial charge >= 0.3 is 0 Å². The number of amides is 1. The Morgan fingerprint density at radius 1 is 1.19 bits per heavy atom. The molecule has 5 heteroatoms. The Kier molecular flexibility index (Phi) is 3.84. The first kappa shape index (κ1) is 13.9. The van der Waals surface area contributed by atoms with Gasteiger partial charge in [0.15, 0.2) is 0 Å². The summed E-state index contributed by atoms with van der Waals surface area (Å²) in [6, 6.07) is 13.8. The Bertz CT molecular complexity index is 660. The molecule has 1 amide bonds. The average Bonchev–Trinajstić information content (AvgIpc) is 2.89. The Morgan fingerprint density at radius 2 is 1.90 bits per heavy atom. The molecule has 0 saturated carbocycles. The molecule has 3 rings (SSSR count). The van der Waals surface area contributed by atoms with Gasteiger partial charge in [-0.2, -0.15) is 0 Å². The third-order valence-corrected chi connectivity index (χ3v) is 4.58. The van der Waals surface area contributed by atoms with Crippen molar-refractivity contribution in [1.82, 2.24) is 0 Å². The van der Waals surface area contributed by atoms with E-state index in [1.54, 1.807) is 42.3 Å². The molecule has 3 nitrogen and oxygen atoms in total. The predicted molar refractivity (Wildman–Crippen MR) is 82.1 cm³/mol. The molecule has 2 aromatic carbocycles. The monoisotopic (exact) mass is 303 g/mol. The molecule has 0 bridgehead atoms. The number of hydrogen-bond donors (Lipinski definition) is 0. The first-order chi connectivity index (χ1) is 10.2. The van der Waals surface area contributed by atoms with E-state index in [2.05, 4.69) is 0 Å². The van der Waals surface area contributed by atoms with E-state index in [1.807, 2.05) is 12.1 Å². The van der Waals surface area contributed by atoms with Crippen LogP contribution in [0.3, 0.4) is 0 Å². The van der Waals surface area contributed by atoms with Crippen LogP contribution in [0.2, 0.25) is 0 Å². The zero-order valence-electron chi connectivity index (χ0n) is 11.5. The Morgan fingerprint density at radius 3 is 2.57 bits per heavy atom. The van der Waals surface area contributed by atoms with Gasteiger partial charge in [-0.3, -0.25) is 9.69 Å². The molecule has 1 fully saturated rings. The largest absolute Gasteiger partial charge is 0.497 e. The maximum Gasteiger partial charge on any atom is 0.238 e. The smallest absolute Gasteiger partial charge is 0.238 e. The van der Waals surface area contributed by atoms with E-state index in [4.69, 9.17) is 4.74 Å². The van der Waals surface area contributed by atoms with E-state index in [0.29, 0.717) is 11.3 Å². The molecule has 0 aliphatic carbocycles. The molecule has 1 unspecified atom stereocenters. The van der Waals surface area contributed by atoms with Crippen LogP contribution < -0.4 is 9.64 Å². The summed E-state index contributed by atoms with van der Waals surface area (Å²) in [5, 5.41) is -0.327. The second-order valence-corrected chi connectivity index (χ2v) is 5.72. The normalized spacial score (nSPS) is 18.1. The summed E-state index contributed by atoms with van der Waals surface area (Å²) in [4.78, 5) is 13.8. The molecule has 1 atom stereocenters. The molecule has 2 aromatic rings. The van der Waals surface area contributed by atoms with Crippen LogP contribution in [0.15, 0.2) is 48.5 Å². The highest BCUT2D eigenvalue weighted by atomic mass is 32.2. The third-order valence-electron chi connectivity index (χ3n) is 3.39. The van der Waals surface area contributed by atoms with Gasteiger partial charge in [-0.1, -0.05) is 18.2 Å². The number of rotatable bonds is 3. The van der Waals surface area contributed by atoms with Crippen LogP contribution in [0.4, 0.5) is 10.1 Å².